The van der Waals surface area contributed by atoms with E-state index in [4.69, 9.17) is 4.74 Å². The Morgan fingerprint density at radius 1 is 1.14 bits per heavy atom. The number of hydrogen-bond donors (Lipinski definition) is 1. The standard InChI is InChI=1S/C22H18F2N2O3/c1-4-19(27)13-5-7-20(29-21-8-6-15(23)11-17(21)24)16(9-13)14-10-18(25-2)22(28)26(3)12-14/h4-12,25H,1H2,2-3H3. The monoisotopic (exact) mass is 396 g/mol. The van der Waals surface area contributed by atoms with Crippen LogP contribution >= 0.6 is 0 Å². The number of anilines is 1. The van der Waals surface area contributed by atoms with E-state index in [0.717, 1.165) is 12.1 Å². The number of allylic oxidation sites excluding steroid dienone is 1. The second kappa shape index (κ2) is 8.10. The Morgan fingerprint density at radius 3 is 2.52 bits per heavy atom. The predicted octanol–water partition coefficient (Wildman–Crippen LogP) is 4.53. The van der Waals surface area contributed by atoms with Crippen LogP contribution in [0.1, 0.15) is 10.4 Å². The van der Waals surface area contributed by atoms with Gasteiger partial charge >= 0.3 is 0 Å². The van der Waals surface area contributed by atoms with Crippen molar-refractivity contribution in [2.75, 3.05) is 12.4 Å². The van der Waals surface area contributed by atoms with E-state index in [1.165, 1.54) is 28.8 Å². The molecule has 5 nitrogen and oxygen atoms in total. The second-order valence-electron chi connectivity index (χ2n) is 6.26. The molecule has 0 radical (unpaired) electrons. The van der Waals surface area contributed by atoms with Crippen LogP contribution in [0.2, 0.25) is 0 Å². The van der Waals surface area contributed by atoms with Gasteiger partial charge in [-0.1, -0.05) is 6.58 Å². The molecule has 29 heavy (non-hydrogen) atoms. The summed E-state index contributed by atoms with van der Waals surface area (Å²) in [6, 6.07) is 9.18. The molecule has 0 atom stereocenters. The van der Waals surface area contributed by atoms with Crippen LogP contribution in [-0.4, -0.2) is 17.4 Å². The van der Waals surface area contributed by atoms with Crippen molar-refractivity contribution in [1.82, 2.24) is 4.57 Å². The number of rotatable bonds is 6. The molecule has 0 bridgehead atoms. The fraction of sp³-hybridized carbons (Fsp3) is 0.0909. The molecule has 2 aromatic carbocycles. The zero-order chi connectivity index (χ0) is 21.1. The number of ether oxygens (including phenoxy) is 1. The number of carbonyl (C=O) groups is 1. The second-order valence-corrected chi connectivity index (χ2v) is 6.26. The van der Waals surface area contributed by atoms with Crippen molar-refractivity contribution < 1.29 is 18.3 Å². The van der Waals surface area contributed by atoms with Crippen molar-refractivity contribution in [1.29, 1.82) is 0 Å². The Bertz CT molecular complexity index is 1170. The summed E-state index contributed by atoms with van der Waals surface area (Å²) in [4.78, 5) is 24.2. The number of aryl methyl sites for hydroxylation is 1. The van der Waals surface area contributed by atoms with Crippen molar-refractivity contribution in [2.45, 2.75) is 0 Å². The SMILES string of the molecule is C=CC(=O)c1ccc(Oc2ccc(F)cc2F)c(-c2cc(NC)c(=O)n(C)c2)c1. The van der Waals surface area contributed by atoms with Crippen molar-refractivity contribution in [2.24, 2.45) is 7.05 Å². The number of nitrogens with zero attached hydrogens (tertiary/aromatic N) is 1. The number of halogens is 2. The van der Waals surface area contributed by atoms with Gasteiger partial charge in [0, 0.05) is 43.0 Å². The summed E-state index contributed by atoms with van der Waals surface area (Å²) in [5.41, 5.74) is 1.47. The van der Waals surface area contributed by atoms with E-state index in [9.17, 15) is 18.4 Å². The van der Waals surface area contributed by atoms with Crippen molar-refractivity contribution in [3.63, 3.8) is 0 Å². The molecule has 0 saturated carbocycles. The lowest BCUT2D eigenvalue weighted by Crippen LogP contribution is -2.19. The van der Waals surface area contributed by atoms with E-state index in [0.29, 0.717) is 22.4 Å². The Kier molecular flexibility index (Phi) is 5.59. The average molecular weight is 396 g/mol. The number of ketones is 1. The molecule has 0 aliphatic rings. The van der Waals surface area contributed by atoms with Crippen LogP contribution in [0, 0.1) is 11.6 Å². The van der Waals surface area contributed by atoms with Gasteiger partial charge in [0.15, 0.2) is 17.3 Å². The number of pyridine rings is 1. The highest BCUT2D eigenvalue weighted by atomic mass is 19.1. The third kappa shape index (κ3) is 4.08. The summed E-state index contributed by atoms with van der Waals surface area (Å²) in [6.07, 6.45) is 2.76. The molecule has 1 heterocycles. The summed E-state index contributed by atoms with van der Waals surface area (Å²) in [6.45, 7) is 3.48. The minimum atomic E-state index is -0.862. The minimum Gasteiger partial charge on any atom is -0.454 e. The van der Waals surface area contributed by atoms with E-state index < -0.39 is 11.6 Å². The summed E-state index contributed by atoms with van der Waals surface area (Å²) in [7, 11) is 3.20. The number of hydrogen-bond acceptors (Lipinski definition) is 4. The highest BCUT2D eigenvalue weighted by molar-refractivity contribution is 6.05. The van der Waals surface area contributed by atoms with Gasteiger partial charge in [-0.15, -0.1) is 0 Å². The highest BCUT2D eigenvalue weighted by Gasteiger charge is 2.15. The molecule has 3 aromatic rings. The zero-order valence-electron chi connectivity index (χ0n) is 15.8. The van der Waals surface area contributed by atoms with Gasteiger partial charge in [-0.25, -0.2) is 8.78 Å². The molecule has 0 spiro atoms. The Balaban J connectivity index is 2.19. The number of benzene rings is 2. The maximum atomic E-state index is 14.1. The topological polar surface area (TPSA) is 60.3 Å². The highest BCUT2D eigenvalue weighted by Crippen LogP contribution is 2.36. The number of aromatic nitrogens is 1. The van der Waals surface area contributed by atoms with Crippen molar-refractivity contribution >= 4 is 11.5 Å². The smallest absolute Gasteiger partial charge is 0.273 e. The lowest BCUT2D eigenvalue weighted by Gasteiger charge is -2.15. The third-order valence-electron chi connectivity index (χ3n) is 4.33. The van der Waals surface area contributed by atoms with Crippen LogP contribution in [0.5, 0.6) is 11.5 Å². The van der Waals surface area contributed by atoms with E-state index in [2.05, 4.69) is 11.9 Å². The third-order valence-corrected chi connectivity index (χ3v) is 4.33. The van der Waals surface area contributed by atoms with Gasteiger partial charge in [-0.2, -0.15) is 0 Å². The molecule has 1 aromatic heterocycles. The first kappa shape index (κ1) is 20.0. The van der Waals surface area contributed by atoms with E-state index in [1.807, 2.05) is 0 Å². The zero-order valence-corrected chi connectivity index (χ0v) is 15.8. The Hall–Kier alpha value is -3.74. The Labute approximate surface area is 165 Å². The molecule has 0 aliphatic heterocycles. The molecule has 1 N–H and O–H groups in total. The molecule has 0 aliphatic carbocycles. The molecule has 0 saturated heterocycles. The fourth-order valence-corrected chi connectivity index (χ4v) is 2.83. The van der Waals surface area contributed by atoms with Crippen molar-refractivity contribution in [3.05, 3.63) is 88.9 Å². The lowest BCUT2D eigenvalue weighted by molar-refractivity contribution is 0.104. The minimum absolute atomic E-state index is 0.172. The molecule has 0 amide bonds. The van der Waals surface area contributed by atoms with Crippen molar-refractivity contribution in [3.8, 4) is 22.6 Å². The van der Waals surface area contributed by atoms with Crippen LogP contribution in [-0.2, 0) is 7.05 Å². The molecule has 7 heteroatoms. The first-order valence-corrected chi connectivity index (χ1v) is 8.66. The summed E-state index contributed by atoms with van der Waals surface area (Å²) in [5.74, 6) is -1.83. The van der Waals surface area contributed by atoms with Gasteiger partial charge in [0.25, 0.3) is 5.56 Å². The Morgan fingerprint density at radius 2 is 1.86 bits per heavy atom. The average Bonchev–Trinajstić information content (AvgIpc) is 2.71. The van der Waals surface area contributed by atoms with Gasteiger partial charge in [-0.3, -0.25) is 9.59 Å². The maximum absolute atomic E-state index is 14.1. The predicted molar refractivity (Wildman–Crippen MR) is 108 cm³/mol. The van der Waals surface area contributed by atoms with Gasteiger partial charge in [0.05, 0.1) is 0 Å². The summed E-state index contributed by atoms with van der Waals surface area (Å²) >= 11 is 0. The quantitative estimate of drug-likeness (QED) is 0.491. The fourth-order valence-electron chi connectivity index (χ4n) is 2.83. The largest absolute Gasteiger partial charge is 0.454 e. The molecular formula is C22H18F2N2O3. The van der Waals surface area contributed by atoms with Gasteiger partial charge in [0.1, 0.15) is 17.3 Å². The molecule has 3 rings (SSSR count). The molecule has 0 unspecified atom stereocenters. The molecular weight excluding hydrogens is 378 g/mol. The van der Waals surface area contributed by atoms with Gasteiger partial charge < -0.3 is 14.6 Å². The van der Waals surface area contributed by atoms with Crippen LogP contribution in [0.15, 0.2) is 66.1 Å². The normalized spacial score (nSPS) is 10.5. The van der Waals surface area contributed by atoms with Gasteiger partial charge in [-0.05, 0) is 42.5 Å². The van der Waals surface area contributed by atoms with Crippen LogP contribution in [0.4, 0.5) is 14.5 Å². The number of nitrogens with one attached hydrogen (secondary N) is 1. The van der Waals surface area contributed by atoms with E-state index in [1.54, 1.807) is 32.4 Å². The van der Waals surface area contributed by atoms with E-state index >= 15 is 0 Å². The number of carbonyl (C=O) groups excluding carboxylic acids is 1. The molecule has 0 fully saturated rings. The summed E-state index contributed by atoms with van der Waals surface area (Å²) in [5, 5.41) is 2.82. The van der Waals surface area contributed by atoms with Crippen LogP contribution in [0.25, 0.3) is 11.1 Å². The lowest BCUT2D eigenvalue weighted by atomic mass is 10.0. The summed E-state index contributed by atoms with van der Waals surface area (Å²) < 4.78 is 34.3. The first-order valence-electron chi connectivity index (χ1n) is 8.66. The maximum Gasteiger partial charge on any atom is 0.273 e. The molecule has 148 valence electrons. The van der Waals surface area contributed by atoms with E-state index in [-0.39, 0.29) is 22.8 Å². The van der Waals surface area contributed by atoms with Crippen LogP contribution in [0.3, 0.4) is 0 Å². The first-order chi connectivity index (χ1) is 13.8. The van der Waals surface area contributed by atoms with Gasteiger partial charge in [0.2, 0.25) is 0 Å². The van der Waals surface area contributed by atoms with Crippen LogP contribution < -0.4 is 15.6 Å².